The fourth-order valence-corrected chi connectivity index (χ4v) is 2.66. The predicted octanol–water partition coefficient (Wildman–Crippen LogP) is 3.76. The van der Waals surface area contributed by atoms with Crippen molar-refractivity contribution < 1.29 is 13.6 Å². The smallest absolute Gasteiger partial charge is 0.256 e. The van der Waals surface area contributed by atoms with Gasteiger partial charge in [-0.05, 0) is 25.0 Å². The minimum atomic E-state index is -0.787. The summed E-state index contributed by atoms with van der Waals surface area (Å²) in [4.78, 5) is 13.9. The summed E-state index contributed by atoms with van der Waals surface area (Å²) in [5.74, 6) is -1.80. The Morgan fingerprint density at radius 3 is 2.37 bits per heavy atom. The molecule has 0 heterocycles. The quantitative estimate of drug-likeness (QED) is 0.747. The van der Waals surface area contributed by atoms with Crippen molar-refractivity contribution in [3.05, 3.63) is 35.4 Å². The molecule has 0 unspecified atom stereocenters. The van der Waals surface area contributed by atoms with Gasteiger partial charge in [0, 0.05) is 19.2 Å². The Hall–Kier alpha value is -1.45. The molecule has 104 valence electrons. The first-order valence-corrected chi connectivity index (χ1v) is 6.82. The summed E-state index contributed by atoms with van der Waals surface area (Å²) in [6, 6.07) is 3.27. The average molecular weight is 267 g/mol. The summed E-state index contributed by atoms with van der Waals surface area (Å²) in [5, 5.41) is 0. The maximum atomic E-state index is 13.6. The van der Waals surface area contributed by atoms with Gasteiger partial charge in [-0.3, -0.25) is 4.79 Å². The van der Waals surface area contributed by atoms with Crippen molar-refractivity contribution in [1.29, 1.82) is 0 Å². The Morgan fingerprint density at radius 2 is 1.79 bits per heavy atom. The second-order valence-corrected chi connectivity index (χ2v) is 5.19. The summed E-state index contributed by atoms with van der Waals surface area (Å²) in [7, 11) is 1.71. The van der Waals surface area contributed by atoms with Crippen LogP contribution in [0.5, 0.6) is 0 Å². The lowest BCUT2D eigenvalue weighted by Crippen LogP contribution is -2.37. The van der Waals surface area contributed by atoms with Gasteiger partial charge in [-0.15, -0.1) is 0 Å². The van der Waals surface area contributed by atoms with E-state index < -0.39 is 11.6 Å². The third-order valence-corrected chi connectivity index (χ3v) is 3.85. The van der Waals surface area contributed by atoms with E-state index in [1.54, 1.807) is 11.9 Å². The van der Waals surface area contributed by atoms with Gasteiger partial charge in [0.1, 0.15) is 11.6 Å². The van der Waals surface area contributed by atoms with Crippen molar-refractivity contribution in [3.8, 4) is 0 Å². The van der Waals surface area contributed by atoms with Crippen LogP contribution in [0.25, 0.3) is 0 Å². The Kier molecular flexibility index (Phi) is 4.51. The third-order valence-electron chi connectivity index (χ3n) is 3.85. The van der Waals surface area contributed by atoms with Crippen LogP contribution in [-0.2, 0) is 0 Å². The molecule has 0 bridgehead atoms. The van der Waals surface area contributed by atoms with Crippen LogP contribution in [0, 0.1) is 11.6 Å². The van der Waals surface area contributed by atoms with Crippen LogP contribution in [0.1, 0.15) is 48.9 Å². The van der Waals surface area contributed by atoms with Gasteiger partial charge >= 0.3 is 0 Å². The van der Waals surface area contributed by atoms with E-state index in [1.807, 2.05) is 0 Å². The minimum Gasteiger partial charge on any atom is -0.339 e. The number of hydrogen-bond donors (Lipinski definition) is 0. The van der Waals surface area contributed by atoms with Gasteiger partial charge in [0.25, 0.3) is 5.91 Å². The lowest BCUT2D eigenvalue weighted by atomic mass is 10.1. The van der Waals surface area contributed by atoms with Crippen LogP contribution in [0.15, 0.2) is 18.2 Å². The Bertz CT molecular complexity index is 453. The van der Waals surface area contributed by atoms with E-state index in [-0.39, 0.29) is 17.5 Å². The Morgan fingerprint density at radius 1 is 1.16 bits per heavy atom. The molecule has 0 N–H and O–H groups in total. The maximum absolute atomic E-state index is 13.6. The molecule has 0 aliphatic heterocycles. The van der Waals surface area contributed by atoms with E-state index in [0.717, 1.165) is 37.8 Å². The van der Waals surface area contributed by atoms with Gasteiger partial charge in [-0.1, -0.05) is 25.7 Å². The molecule has 0 spiro atoms. The first kappa shape index (κ1) is 14.0. The molecular formula is C15H19F2NO. The highest BCUT2D eigenvalue weighted by atomic mass is 19.1. The zero-order chi connectivity index (χ0) is 13.8. The molecular weight excluding hydrogens is 248 g/mol. The summed E-state index contributed by atoms with van der Waals surface area (Å²) in [6.45, 7) is 0. The molecule has 0 atom stereocenters. The van der Waals surface area contributed by atoms with E-state index in [4.69, 9.17) is 0 Å². The van der Waals surface area contributed by atoms with Crippen molar-refractivity contribution in [2.45, 2.75) is 44.6 Å². The Labute approximate surface area is 112 Å². The lowest BCUT2D eigenvalue weighted by Gasteiger charge is -2.27. The largest absolute Gasteiger partial charge is 0.339 e. The molecule has 1 aromatic carbocycles. The SMILES string of the molecule is CN(C(=O)c1ccc(F)cc1F)C1CCCCCC1. The fraction of sp³-hybridized carbons (Fsp3) is 0.533. The number of carbonyl (C=O) groups is 1. The second-order valence-electron chi connectivity index (χ2n) is 5.19. The van der Waals surface area contributed by atoms with E-state index >= 15 is 0 Å². The van der Waals surface area contributed by atoms with E-state index in [2.05, 4.69) is 0 Å². The van der Waals surface area contributed by atoms with Crippen LogP contribution in [-0.4, -0.2) is 23.9 Å². The molecule has 1 fully saturated rings. The second kappa shape index (κ2) is 6.13. The van der Waals surface area contributed by atoms with Gasteiger partial charge in [-0.25, -0.2) is 8.78 Å². The predicted molar refractivity (Wildman–Crippen MR) is 69.9 cm³/mol. The van der Waals surface area contributed by atoms with E-state index in [9.17, 15) is 13.6 Å². The van der Waals surface area contributed by atoms with Gasteiger partial charge in [0.05, 0.1) is 5.56 Å². The molecule has 0 radical (unpaired) electrons. The van der Waals surface area contributed by atoms with Gasteiger partial charge in [-0.2, -0.15) is 0 Å². The number of hydrogen-bond acceptors (Lipinski definition) is 1. The summed E-state index contributed by atoms with van der Waals surface area (Å²) < 4.78 is 26.5. The van der Waals surface area contributed by atoms with Crippen molar-refractivity contribution >= 4 is 5.91 Å². The molecule has 19 heavy (non-hydrogen) atoms. The highest BCUT2D eigenvalue weighted by Gasteiger charge is 2.24. The molecule has 4 heteroatoms. The van der Waals surface area contributed by atoms with Gasteiger partial charge in [0.2, 0.25) is 0 Å². The Balaban J connectivity index is 2.13. The number of rotatable bonds is 2. The molecule has 1 aromatic rings. The van der Waals surface area contributed by atoms with Crippen LogP contribution in [0.4, 0.5) is 8.78 Å². The molecule has 2 nitrogen and oxygen atoms in total. The van der Waals surface area contributed by atoms with E-state index in [1.165, 1.54) is 18.9 Å². The van der Waals surface area contributed by atoms with Crippen LogP contribution in [0.3, 0.4) is 0 Å². The fourth-order valence-electron chi connectivity index (χ4n) is 2.66. The summed E-state index contributed by atoms with van der Waals surface area (Å²) in [6.07, 6.45) is 6.53. The maximum Gasteiger partial charge on any atom is 0.256 e. The first-order valence-electron chi connectivity index (χ1n) is 6.82. The minimum absolute atomic E-state index is 0.0480. The molecule has 0 aromatic heterocycles. The summed E-state index contributed by atoms with van der Waals surface area (Å²) in [5.41, 5.74) is -0.0480. The molecule has 2 rings (SSSR count). The molecule has 1 aliphatic rings. The third kappa shape index (κ3) is 3.31. The normalized spacial score (nSPS) is 17.0. The van der Waals surface area contributed by atoms with Crippen LogP contribution >= 0.6 is 0 Å². The zero-order valence-corrected chi connectivity index (χ0v) is 11.2. The first-order chi connectivity index (χ1) is 9.09. The van der Waals surface area contributed by atoms with Crippen molar-refractivity contribution in [1.82, 2.24) is 4.90 Å². The number of halogens is 2. The molecule has 1 saturated carbocycles. The van der Waals surface area contributed by atoms with Crippen molar-refractivity contribution in [2.24, 2.45) is 0 Å². The number of benzene rings is 1. The van der Waals surface area contributed by atoms with Crippen molar-refractivity contribution in [3.63, 3.8) is 0 Å². The molecule has 1 amide bonds. The molecule has 1 aliphatic carbocycles. The van der Waals surface area contributed by atoms with Gasteiger partial charge in [0.15, 0.2) is 0 Å². The number of carbonyl (C=O) groups excluding carboxylic acids is 1. The standard InChI is InChI=1S/C15H19F2NO/c1-18(12-6-4-2-3-5-7-12)15(19)13-9-8-11(16)10-14(13)17/h8-10,12H,2-7H2,1H3. The highest BCUT2D eigenvalue weighted by Crippen LogP contribution is 2.23. The van der Waals surface area contributed by atoms with E-state index in [0.29, 0.717) is 0 Å². The zero-order valence-electron chi connectivity index (χ0n) is 11.2. The number of amides is 1. The molecule has 0 saturated heterocycles. The lowest BCUT2D eigenvalue weighted by molar-refractivity contribution is 0.0713. The van der Waals surface area contributed by atoms with Crippen LogP contribution < -0.4 is 0 Å². The summed E-state index contributed by atoms with van der Waals surface area (Å²) >= 11 is 0. The highest BCUT2D eigenvalue weighted by molar-refractivity contribution is 5.94. The monoisotopic (exact) mass is 267 g/mol. The number of nitrogens with zero attached hydrogens (tertiary/aromatic N) is 1. The van der Waals surface area contributed by atoms with Crippen LogP contribution in [0.2, 0.25) is 0 Å². The van der Waals surface area contributed by atoms with Crippen molar-refractivity contribution in [2.75, 3.05) is 7.05 Å². The average Bonchev–Trinajstić information content (AvgIpc) is 2.66. The topological polar surface area (TPSA) is 20.3 Å². The van der Waals surface area contributed by atoms with Gasteiger partial charge < -0.3 is 4.90 Å².